The number of furan rings is 1. The number of thiocarbonyl (C=S) groups is 1. The van der Waals surface area contributed by atoms with Gasteiger partial charge in [-0.25, -0.2) is 0 Å². The lowest BCUT2D eigenvalue weighted by Crippen LogP contribution is -2.17. The van der Waals surface area contributed by atoms with Gasteiger partial charge in [0.15, 0.2) is 0 Å². The van der Waals surface area contributed by atoms with Crippen LogP contribution in [0.2, 0.25) is 0 Å². The summed E-state index contributed by atoms with van der Waals surface area (Å²) >= 11 is 6.19. The number of aryl methyl sites for hydroxylation is 2. The number of aromatic nitrogens is 2. The second-order valence-corrected chi connectivity index (χ2v) is 6.46. The van der Waals surface area contributed by atoms with Gasteiger partial charge >= 0.3 is 0 Å². The maximum Gasteiger partial charge on any atom is 0.263 e. The van der Waals surface area contributed by atoms with E-state index in [2.05, 4.69) is 10.4 Å². The van der Waals surface area contributed by atoms with Gasteiger partial charge in [-0.05, 0) is 32.0 Å². The lowest BCUT2D eigenvalue weighted by Gasteiger charge is -2.00. The van der Waals surface area contributed by atoms with Gasteiger partial charge in [0.05, 0.1) is 17.1 Å². The van der Waals surface area contributed by atoms with E-state index in [-0.39, 0.29) is 5.91 Å². The predicted octanol–water partition coefficient (Wildman–Crippen LogP) is 2.63. The Labute approximate surface area is 131 Å². The van der Waals surface area contributed by atoms with Crippen molar-refractivity contribution in [1.29, 1.82) is 0 Å². The summed E-state index contributed by atoms with van der Waals surface area (Å²) in [6.45, 7) is 4.53. The van der Waals surface area contributed by atoms with Crippen LogP contribution in [0.15, 0.2) is 27.5 Å². The Morgan fingerprint density at radius 3 is 2.90 bits per heavy atom. The molecule has 0 radical (unpaired) electrons. The molecule has 2 aromatic heterocycles. The average Bonchev–Trinajstić information content (AvgIpc) is 3.04. The first-order valence-corrected chi connectivity index (χ1v) is 7.58. The molecule has 21 heavy (non-hydrogen) atoms. The molecule has 1 saturated heterocycles. The highest BCUT2D eigenvalue weighted by atomic mass is 32.2. The molecule has 1 aliphatic rings. The quantitative estimate of drug-likeness (QED) is 0.696. The van der Waals surface area contributed by atoms with E-state index < -0.39 is 0 Å². The van der Waals surface area contributed by atoms with E-state index in [0.717, 1.165) is 17.1 Å². The average molecular weight is 319 g/mol. The number of hydrogen-bond donors (Lipinski definition) is 1. The molecule has 2 aromatic rings. The lowest BCUT2D eigenvalue weighted by molar-refractivity contribution is -0.115. The van der Waals surface area contributed by atoms with Gasteiger partial charge < -0.3 is 9.73 Å². The maximum absolute atomic E-state index is 11.6. The van der Waals surface area contributed by atoms with Gasteiger partial charge in [0, 0.05) is 11.8 Å². The maximum atomic E-state index is 11.6. The molecule has 1 aliphatic heterocycles. The first kappa shape index (κ1) is 14.1. The highest BCUT2D eigenvalue weighted by molar-refractivity contribution is 8.26. The van der Waals surface area contributed by atoms with Crippen LogP contribution < -0.4 is 5.32 Å². The van der Waals surface area contributed by atoms with Crippen molar-refractivity contribution in [3.05, 3.63) is 46.0 Å². The summed E-state index contributed by atoms with van der Waals surface area (Å²) in [7, 11) is 0. The Morgan fingerprint density at radius 1 is 1.48 bits per heavy atom. The zero-order valence-corrected chi connectivity index (χ0v) is 13.2. The van der Waals surface area contributed by atoms with Crippen LogP contribution in [0.1, 0.15) is 22.9 Å². The first-order chi connectivity index (χ1) is 10.0. The van der Waals surface area contributed by atoms with E-state index in [4.69, 9.17) is 16.6 Å². The van der Waals surface area contributed by atoms with Gasteiger partial charge in [-0.1, -0.05) is 24.0 Å². The molecule has 0 unspecified atom stereocenters. The number of nitrogens with one attached hydrogen (secondary N) is 1. The van der Waals surface area contributed by atoms with Gasteiger partial charge in [-0.3, -0.25) is 9.48 Å². The largest absolute Gasteiger partial charge is 0.460 e. The third-order valence-electron chi connectivity index (χ3n) is 3.01. The smallest absolute Gasteiger partial charge is 0.263 e. The van der Waals surface area contributed by atoms with Crippen LogP contribution in [0.5, 0.6) is 0 Å². The summed E-state index contributed by atoms with van der Waals surface area (Å²) in [4.78, 5) is 12.1. The molecule has 3 rings (SSSR count). The van der Waals surface area contributed by atoms with Crippen LogP contribution in [-0.4, -0.2) is 20.0 Å². The van der Waals surface area contributed by atoms with E-state index in [1.54, 1.807) is 6.08 Å². The van der Waals surface area contributed by atoms with Crippen molar-refractivity contribution in [1.82, 2.24) is 15.1 Å². The van der Waals surface area contributed by atoms with Crippen LogP contribution in [0.25, 0.3) is 6.08 Å². The monoisotopic (exact) mass is 319 g/mol. The molecule has 0 bridgehead atoms. The highest BCUT2D eigenvalue weighted by Crippen LogP contribution is 2.26. The van der Waals surface area contributed by atoms with Gasteiger partial charge in [0.25, 0.3) is 5.91 Å². The standard InChI is InChI=1S/C14H13N3O2S2/c1-8-5-9(2)17(16-8)7-11-4-3-10(19-11)6-12-13(18)15-14(20)21-12/h3-6H,7H2,1-2H3,(H,15,18,20). The van der Waals surface area contributed by atoms with Crippen molar-refractivity contribution in [2.24, 2.45) is 0 Å². The number of nitrogens with zero attached hydrogens (tertiary/aromatic N) is 2. The minimum absolute atomic E-state index is 0.179. The number of rotatable bonds is 3. The first-order valence-electron chi connectivity index (χ1n) is 6.36. The normalized spacial score (nSPS) is 16.8. The molecule has 1 N–H and O–H groups in total. The van der Waals surface area contributed by atoms with Crippen LogP contribution in [-0.2, 0) is 11.3 Å². The predicted molar refractivity (Wildman–Crippen MR) is 85.8 cm³/mol. The summed E-state index contributed by atoms with van der Waals surface area (Å²) < 4.78 is 8.08. The molecule has 0 spiro atoms. The van der Waals surface area contributed by atoms with Gasteiger partial charge in [0.1, 0.15) is 15.8 Å². The fraction of sp³-hybridized carbons (Fsp3) is 0.214. The molecule has 0 saturated carbocycles. The third-order valence-corrected chi connectivity index (χ3v) is 4.17. The van der Waals surface area contributed by atoms with E-state index in [0.29, 0.717) is 21.5 Å². The van der Waals surface area contributed by atoms with E-state index in [1.165, 1.54) is 11.8 Å². The third kappa shape index (κ3) is 3.08. The minimum atomic E-state index is -0.179. The van der Waals surface area contributed by atoms with Crippen molar-refractivity contribution in [2.75, 3.05) is 0 Å². The summed E-state index contributed by atoms with van der Waals surface area (Å²) in [5.41, 5.74) is 2.06. The molecule has 0 atom stereocenters. The molecule has 108 valence electrons. The topological polar surface area (TPSA) is 60.1 Å². The molecular weight excluding hydrogens is 306 g/mol. The number of carbonyl (C=O) groups is 1. The van der Waals surface area contributed by atoms with Crippen molar-refractivity contribution >= 4 is 40.3 Å². The van der Waals surface area contributed by atoms with Crippen molar-refractivity contribution in [3.8, 4) is 0 Å². The molecule has 5 nitrogen and oxygen atoms in total. The molecule has 0 aromatic carbocycles. The summed E-state index contributed by atoms with van der Waals surface area (Å²) in [5, 5.41) is 6.97. The second kappa shape index (κ2) is 5.50. The highest BCUT2D eigenvalue weighted by Gasteiger charge is 2.22. The fourth-order valence-corrected chi connectivity index (χ4v) is 3.11. The Hall–Kier alpha value is -1.86. The summed E-state index contributed by atoms with van der Waals surface area (Å²) in [6.07, 6.45) is 1.70. The van der Waals surface area contributed by atoms with Crippen LogP contribution in [0, 0.1) is 13.8 Å². The zero-order valence-electron chi connectivity index (χ0n) is 11.5. The molecule has 0 aliphatic carbocycles. The number of thioether (sulfide) groups is 1. The zero-order chi connectivity index (χ0) is 15.0. The Bertz CT molecular complexity index is 758. The van der Waals surface area contributed by atoms with Gasteiger partial charge in [-0.2, -0.15) is 5.10 Å². The Kier molecular flexibility index (Phi) is 3.69. The van der Waals surface area contributed by atoms with Crippen LogP contribution in [0.3, 0.4) is 0 Å². The van der Waals surface area contributed by atoms with Crippen molar-refractivity contribution in [2.45, 2.75) is 20.4 Å². The molecule has 3 heterocycles. The van der Waals surface area contributed by atoms with Crippen LogP contribution >= 0.6 is 24.0 Å². The van der Waals surface area contributed by atoms with Crippen molar-refractivity contribution < 1.29 is 9.21 Å². The lowest BCUT2D eigenvalue weighted by atomic mass is 10.3. The molecule has 7 heteroatoms. The number of carbonyl (C=O) groups excluding carboxylic acids is 1. The molecule has 1 amide bonds. The second-order valence-electron chi connectivity index (χ2n) is 4.74. The number of hydrogen-bond acceptors (Lipinski definition) is 5. The summed E-state index contributed by atoms with van der Waals surface area (Å²) in [6, 6.07) is 5.74. The SMILES string of the molecule is Cc1cc(C)n(Cc2ccc(C=C3SC(=S)NC3=O)o2)n1. The van der Waals surface area contributed by atoms with E-state index in [1.807, 2.05) is 36.7 Å². The van der Waals surface area contributed by atoms with E-state index in [9.17, 15) is 4.79 Å². The Balaban J connectivity index is 1.78. The van der Waals surface area contributed by atoms with Crippen LogP contribution in [0.4, 0.5) is 0 Å². The number of amides is 1. The summed E-state index contributed by atoms with van der Waals surface area (Å²) in [5.74, 6) is 1.24. The van der Waals surface area contributed by atoms with Gasteiger partial charge in [-0.15, -0.1) is 0 Å². The molecule has 1 fully saturated rings. The van der Waals surface area contributed by atoms with Crippen molar-refractivity contribution in [3.63, 3.8) is 0 Å². The van der Waals surface area contributed by atoms with E-state index >= 15 is 0 Å². The molecular formula is C14H13N3O2S2. The fourth-order valence-electron chi connectivity index (χ4n) is 2.09. The van der Waals surface area contributed by atoms with Gasteiger partial charge in [0.2, 0.25) is 0 Å². The Morgan fingerprint density at radius 2 is 2.29 bits per heavy atom. The minimum Gasteiger partial charge on any atom is -0.460 e.